The van der Waals surface area contributed by atoms with Crippen molar-refractivity contribution in [2.75, 3.05) is 17.8 Å². The molecule has 2 aliphatic rings. The van der Waals surface area contributed by atoms with Gasteiger partial charge in [-0.2, -0.15) is 8.42 Å². The van der Waals surface area contributed by atoms with Gasteiger partial charge in [-0.25, -0.2) is 13.0 Å². The van der Waals surface area contributed by atoms with Crippen LogP contribution in [0.3, 0.4) is 0 Å². The molecule has 0 radical (unpaired) electrons. The molecule has 2 N–H and O–H groups in total. The van der Waals surface area contributed by atoms with Crippen molar-refractivity contribution in [2.24, 2.45) is 0 Å². The Morgan fingerprint density at radius 3 is 2.15 bits per heavy atom. The third-order valence-electron chi connectivity index (χ3n) is 6.58. The third-order valence-corrected chi connectivity index (χ3v) is 8.85. The van der Waals surface area contributed by atoms with Crippen LogP contribution in [0.25, 0.3) is 33.4 Å². The van der Waals surface area contributed by atoms with E-state index < -0.39 is 25.0 Å². The largest absolute Gasteiger partial charge is 0.456 e. The molecular formula is C29H27N2O6S2+. The van der Waals surface area contributed by atoms with Crippen molar-refractivity contribution >= 4 is 36.8 Å². The molecule has 1 aliphatic carbocycles. The minimum Gasteiger partial charge on any atom is -0.456 e. The highest BCUT2D eigenvalue weighted by atomic mass is 32.2. The molecule has 3 aromatic carbocycles. The van der Waals surface area contributed by atoms with Gasteiger partial charge in [-0.1, -0.05) is 42.5 Å². The van der Waals surface area contributed by atoms with Gasteiger partial charge in [0.05, 0.1) is 11.0 Å². The van der Waals surface area contributed by atoms with Crippen molar-refractivity contribution in [1.29, 1.82) is 0 Å². The molecule has 39 heavy (non-hydrogen) atoms. The summed E-state index contributed by atoms with van der Waals surface area (Å²) in [4.78, 5) is -0.829. The van der Waals surface area contributed by atoms with Gasteiger partial charge >= 0.3 is 0 Å². The summed E-state index contributed by atoms with van der Waals surface area (Å²) in [6.07, 6.45) is 0. The summed E-state index contributed by atoms with van der Waals surface area (Å²) < 4.78 is 72.6. The molecule has 0 amide bonds. The normalized spacial score (nSPS) is 12.1. The zero-order valence-corrected chi connectivity index (χ0v) is 23.0. The first-order chi connectivity index (χ1) is 18.6. The van der Waals surface area contributed by atoms with E-state index in [2.05, 4.69) is 23.1 Å². The minimum atomic E-state index is -4.84. The maximum absolute atomic E-state index is 13.1. The molecule has 1 heterocycles. The van der Waals surface area contributed by atoms with Crippen LogP contribution in [0.5, 0.6) is 0 Å². The number of rotatable bonds is 7. The number of para-hydroxylation sites is 2. The lowest BCUT2D eigenvalue weighted by Gasteiger charge is -2.18. The summed E-state index contributed by atoms with van der Waals surface area (Å²) in [6.45, 7) is 5.69. The summed E-state index contributed by atoms with van der Waals surface area (Å²) in [6, 6.07) is 24.8. The molecule has 8 nitrogen and oxygen atoms in total. The Kier molecular flexibility index (Phi) is 7.02. The highest BCUT2D eigenvalue weighted by molar-refractivity contribution is 7.92. The van der Waals surface area contributed by atoms with E-state index in [-0.39, 0.29) is 10.5 Å². The summed E-state index contributed by atoms with van der Waals surface area (Å²) in [5, 5.41) is 1.56. The molecule has 0 spiro atoms. The maximum atomic E-state index is 13.1. The standard InChI is InChI=1S/C29H26N2O6S2/c1-3-31(4-2)21-14-16-24-27(18-21)37-26-13-9-8-12-23(26)29(24)25-17-15-22(19-28(25)39(34,35)36)38(32,33)30-20-10-6-5-7-11-20/h5-19,30H,3-4H2,1-2H3/p+1. The SMILES string of the molecule is CC[N+](CC)=c1ccc2c(-c3ccc(S(=O)(=O)Nc4ccccc4)cc3S(=O)(=O)O)c3ccccc3oc-2c1. The van der Waals surface area contributed by atoms with Crippen molar-refractivity contribution < 1.29 is 25.8 Å². The van der Waals surface area contributed by atoms with Crippen LogP contribution in [0.2, 0.25) is 0 Å². The number of sulfonamides is 1. The zero-order chi connectivity index (χ0) is 27.8. The van der Waals surface area contributed by atoms with E-state index in [1.165, 1.54) is 12.1 Å². The van der Waals surface area contributed by atoms with Crippen LogP contribution >= 0.6 is 0 Å². The number of fused-ring (bicyclic) bond motifs is 2. The average molecular weight is 564 g/mol. The first-order valence-corrected chi connectivity index (χ1v) is 15.3. The van der Waals surface area contributed by atoms with E-state index in [0.717, 1.165) is 24.5 Å². The topological polar surface area (TPSA) is 117 Å². The molecule has 0 bridgehead atoms. The highest BCUT2D eigenvalue weighted by Crippen LogP contribution is 2.42. The van der Waals surface area contributed by atoms with Gasteiger partial charge in [0, 0.05) is 33.8 Å². The molecule has 5 rings (SSSR count). The number of nitrogens with one attached hydrogen (secondary N) is 1. The van der Waals surface area contributed by atoms with E-state index >= 15 is 0 Å². The molecule has 200 valence electrons. The van der Waals surface area contributed by atoms with Crippen LogP contribution in [-0.2, 0) is 20.1 Å². The van der Waals surface area contributed by atoms with Crippen molar-refractivity contribution in [3.05, 3.63) is 96.4 Å². The second-order valence-electron chi connectivity index (χ2n) is 8.93. The zero-order valence-electron chi connectivity index (χ0n) is 21.3. The molecule has 0 fully saturated rings. The van der Waals surface area contributed by atoms with Gasteiger partial charge < -0.3 is 4.42 Å². The second-order valence-corrected chi connectivity index (χ2v) is 12.0. The van der Waals surface area contributed by atoms with Crippen molar-refractivity contribution in [3.63, 3.8) is 0 Å². The molecule has 0 unspecified atom stereocenters. The highest BCUT2D eigenvalue weighted by Gasteiger charge is 2.27. The molecular weight excluding hydrogens is 536 g/mol. The van der Waals surface area contributed by atoms with E-state index in [4.69, 9.17) is 4.42 Å². The van der Waals surface area contributed by atoms with E-state index in [0.29, 0.717) is 33.5 Å². The number of nitrogens with zero attached hydrogens (tertiary/aromatic N) is 1. The Labute approximate surface area is 227 Å². The van der Waals surface area contributed by atoms with Crippen molar-refractivity contribution in [1.82, 2.24) is 4.58 Å². The maximum Gasteiger partial charge on any atom is 0.295 e. The third kappa shape index (κ3) is 5.18. The van der Waals surface area contributed by atoms with Crippen molar-refractivity contribution in [3.8, 4) is 22.5 Å². The fourth-order valence-electron chi connectivity index (χ4n) is 4.71. The summed E-state index contributed by atoms with van der Waals surface area (Å²) in [7, 11) is -8.99. The van der Waals surface area contributed by atoms with Crippen LogP contribution in [0.15, 0.2) is 105 Å². The molecule has 10 heteroatoms. The minimum absolute atomic E-state index is 0.156. The first kappa shape index (κ1) is 26.6. The first-order valence-electron chi connectivity index (χ1n) is 12.4. The van der Waals surface area contributed by atoms with E-state index in [1.807, 2.05) is 24.3 Å². The lowest BCUT2D eigenvalue weighted by atomic mass is 9.93. The molecule has 0 aromatic heterocycles. The molecule has 1 aliphatic heterocycles. The van der Waals surface area contributed by atoms with Crippen LogP contribution in [0, 0.1) is 0 Å². The number of anilines is 1. The number of hydrogen-bond acceptors (Lipinski definition) is 5. The summed E-state index contributed by atoms with van der Waals surface area (Å²) in [5.74, 6) is 0.525. The van der Waals surface area contributed by atoms with Gasteiger partial charge in [0.2, 0.25) is 5.36 Å². The van der Waals surface area contributed by atoms with Crippen LogP contribution in [0.1, 0.15) is 13.8 Å². The fourth-order valence-corrected chi connectivity index (χ4v) is 6.60. The van der Waals surface area contributed by atoms with Gasteiger partial charge in [-0.05, 0) is 50.2 Å². The molecule has 0 saturated carbocycles. The summed E-state index contributed by atoms with van der Waals surface area (Å²) >= 11 is 0. The Morgan fingerprint density at radius 1 is 0.795 bits per heavy atom. The van der Waals surface area contributed by atoms with Gasteiger partial charge in [-0.15, -0.1) is 0 Å². The second kappa shape index (κ2) is 10.3. The van der Waals surface area contributed by atoms with Crippen LogP contribution in [-0.4, -0.2) is 34.5 Å². The van der Waals surface area contributed by atoms with E-state index in [1.54, 1.807) is 48.5 Å². The van der Waals surface area contributed by atoms with Gasteiger partial charge in [-0.3, -0.25) is 9.27 Å². The lowest BCUT2D eigenvalue weighted by molar-refractivity contribution is 0.483. The Bertz CT molecular complexity index is 1940. The predicted molar refractivity (Wildman–Crippen MR) is 152 cm³/mol. The fraction of sp³-hybridized carbons (Fsp3) is 0.138. The molecule has 0 saturated heterocycles. The van der Waals surface area contributed by atoms with Crippen LogP contribution in [0.4, 0.5) is 5.69 Å². The summed E-state index contributed by atoms with van der Waals surface area (Å²) in [5.41, 5.74) is 2.11. The van der Waals surface area contributed by atoms with Crippen molar-refractivity contribution in [2.45, 2.75) is 23.6 Å². The molecule has 0 atom stereocenters. The monoisotopic (exact) mass is 563 g/mol. The Balaban J connectivity index is 1.79. The quantitative estimate of drug-likeness (QED) is 0.162. The number of hydrogen-bond donors (Lipinski definition) is 2. The van der Waals surface area contributed by atoms with E-state index in [9.17, 15) is 21.4 Å². The van der Waals surface area contributed by atoms with Gasteiger partial charge in [0.15, 0.2) is 0 Å². The average Bonchev–Trinajstić information content (AvgIpc) is 2.92. The van der Waals surface area contributed by atoms with Crippen LogP contribution < -0.4 is 14.7 Å². The smallest absolute Gasteiger partial charge is 0.295 e. The Morgan fingerprint density at radius 2 is 1.46 bits per heavy atom. The van der Waals surface area contributed by atoms with Gasteiger partial charge in [0.1, 0.15) is 29.3 Å². The Hall–Kier alpha value is -3.99. The number of benzene rings is 4. The molecule has 3 aromatic rings. The van der Waals surface area contributed by atoms with Gasteiger partial charge in [0.25, 0.3) is 20.1 Å². The lowest BCUT2D eigenvalue weighted by Crippen LogP contribution is -2.29. The predicted octanol–water partition coefficient (Wildman–Crippen LogP) is 5.06.